The first kappa shape index (κ1) is 19.4. The summed E-state index contributed by atoms with van der Waals surface area (Å²) in [7, 11) is 0. The molecule has 3 N–H and O–H groups in total. The van der Waals surface area contributed by atoms with Crippen LogP contribution in [0.3, 0.4) is 0 Å². The standard InChI is InChI=1S/C18H17F3N4O4/c19-18(20,21)29-11-3-1-10(2-4-11)24-16-12-5-6-25(17(12)23-9-22-16)15-7-13(27)14(8-26)28-15/h1-6,9,13-15,26-27H,7-8H2,(H,22,23,24)/t13-,14+,15?/m0/s1. The third kappa shape index (κ3) is 4.11. The van der Waals surface area contributed by atoms with Crippen LogP contribution in [0.15, 0.2) is 42.9 Å². The normalized spacial score (nSPS) is 22.2. The zero-order valence-corrected chi connectivity index (χ0v) is 14.9. The average molecular weight is 410 g/mol. The molecule has 0 saturated carbocycles. The van der Waals surface area contributed by atoms with Crippen molar-refractivity contribution >= 4 is 22.5 Å². The Balaban J connectivity index is 1.56. The Morgan fingerprint density at radius 3 is 2.62 bits per heavy atom. The molecule has 3 heterocycles. The molecule has 11 heteroatoms. The van der Waals surface area contributed by atoms with Crippen LogP contribution in [-0.2, 0) is 4.74 Å². The molecule has 154 valence electrons. The third-order valence-corrected chi connectivity index (χ3v) is 4.55. The number of hydrogen-bond donors (Lipinski definition) is 3. The predicted molar refractivity (Wildman–Crippen MR) is 95.6 cm³/mol. The van der Waals surface area contributed by atoms with Crippen LogP contribution in [-0.4, -0.2) is 49.9 Å². The van der Waals surface area contributed by atoms with Gasteiger partial charge >= 0.3 is 6.36 Å². The number of nitrogens with zero attached hydrogens (tertiary/aromatic N) is 3. The van der Waals surface area contributed by atoms with Gasteiger partial charge in [0.05, 0.1) is 18.1 Å². The number of rotatable bonds is 5. The molecular weight excluding hydrogens is 393 g/mol. The van der Waals surface area contributed by atoms with Crippen LogP contribution in [0.1, 0.15) is 12.6 Å². The van der Waals surface area contributed by atoms with Gasteiger partial charge in [-0.25, -0.2) is 9.97 Å². The Morgan fingerprint density at radius 2 is 1.97 bits per heavy atom. The molecular formula is C18H17F3N4O4. The van der Waals surface area contributed by atoms with Crippen molar-refractivity contribution in [1.29, 1.82) is 0 Å². The van der Waals surface area contributed by atoms with E-state index in [9.17, 15) is 23.4 Å². The Kier molecular flexibility index (Phi) is 5.03. The van der Waals surface area contributed by atoms with Crippen LogP contribution in [0, 0.1) is 0 Å². The second-order valence-corrected chi connectivity index (χ2v) is 6.49. The highest BCUT2D eigenvalue weighted by atomic mass is 19.4. The van der Waals surface area contributed by atoms with Gasteiger partial charge in [-0.05, 0) is 30.3 Å². The van der Waals surface area contributed by atoms with E-state index < -0.39 is 24.8 Å². The van der Waals surface area contributed by atoms with E-state index in [1.807, 2.05) is 0 Å². The van der Waals surface area contributed by atoms with Gasteiger partial charge in [0.25, 0.3) is 0 Å². The number of alkyl halides is 3. The van der Waals surface area contributed by atoms with Gasteiger partial charge in [-0.3, -0.25) is 0 Å². The fourth-order valence-corrected chi connectivity index (χ4v) is 3.23. The average Bonchev–Trinajstić information content (AvgIpc) is 3.26. The lowest BCUT2D eigenvalue weighted by Crippen LogP contribution is -2.24. The quantitative estimate of drug-likeness (QED) is 0.595. The summed E-state index contributed by atoms with van der Waals surface area (Å²) in [6, 6.07) is 7.04. The molecule has 0 aliphatic carbocycles. The molecule has 0 amide bonds. The number of ether oxygens (including phenoxy) is 2. The Labute approximate surface area is 162 Å². The maximum Gasteiger partial charge on any atom is 0.573 e. The van der Waals surface area contributed by atoms with E-state index in [2.05, 4.69) is 20.0 Å². The maximum absolute atomic E-state index is 12.3. The van der Waals surface area contributed by atoms with Crippen molar-refractivity contribution in [3.8, 4) is 5.75 Å². The van der Waals surface area contributed by atoms with Gasteiger partial charge in [-0.2, -0.15) is 0 Å². The minimum Gasteiger partial charge on any atom is -0.406 e. The molecule has 2 aromatic heterocycles. The number of benzene rings is 1. The molecule has 1 aliphatic rings. The minimum absolute atomic E-state index is 0.285. The van der Waals surface area contributed by atoms with E-state index in [1.54, 1.807) is 16.8 Å². The summed E-state index contributed by atoms with van der Waals surface area (Å²) in [6.07, 6.45) is -3.28. The van der Waals surface area contributed by atoms with Gasteiger partial charge in [-0.15, -0.1) is 13.2 Å². The molecule has 0 radical (unpaired) electrons. The number of aliphatic hydroxyl groups excluding tert-OH is 2. The summed E-state index contributed by atoms with van der Waals surface area (Å²) >= 11 is 0. The molecule has 0 bridgehead atoms. The first-order valence-electron chi connectivity index (χ1n) is 8.73. The molecule has 1 unspecified atom stereocenters. The molecule has 1 aliphatic heterocycles. The largest absolute Gasteiger partial charge is 0.573 e. The van der Waals surface area contributed by atoms with Crippen molar-refractivity contribution in [2.24, 2.45) is 0 Å². The van der Waals surface area contributed by atoms with E-state index >= 15 is 0 Å². The summed E-state index contributed by atoms with van der Waals surface area (Å²) in [5.74, 6) is 0.132. The summed E-state index contributed by atoms with van der Waals surface area (Å²) in [5.41, 5.74) is 1.07. The van der Waals surface area contributed by atoms with Crippen LogP contribution in [0.25, 0.3) is 11.0 Å². The van der Waals surface area contributed by atoms with Crippen molar-refractivity contribution in [1.82, 2.24) is 14.5 Å². The molecule has 4 rings (SSSR count). The first-order valence-corrected chi connectivity index (χ1v) is 8.73. The fraction of sp³-hybridized carbons (Fsp3) is 0.333. The highest BCUT2D eigenvalue weighted by molar-refractivity contribution is 5.89. The lowest BCUT2D eigenvalue weighted by molar-refractivity contribution is -0.274. The van der Waals surface area contributed by atoms with Gasteiger partial charge in [0.2, 0.25) is 0 Å². The molecule has 0 spiro atoms. The van der Waals surface area contributed by atoms with Crippen LogP contribution < -0.4 is 10.1 Å². The zero-order chi connectivity index (χ0) is 20.6. The number of aliphatic hydroxyl groups is 2. The van der Waals surface area contributed by atoms with Crippen LogP contribution >= 0.6 is 0 Å². The van der Waals surface area contributed by atoms with Gasteiger partial charge in [0.1, 0.15) is 35.9 Å². The van der Waals surface area contributed by atoms with Crippen molar-refractivity contribution in [2.75, 3.05) is 11.9 Å². The van der Waals surface area contributed by atoms with Crippen LogP contribution in [0.4, 0.5) is 24.7 Å². The highest BCUT2D eigenvalue weighted by Gasteiger charge is 2.35. The summed E-state index contributed by atoms with van der Waals surface area (Å²) in [6.45, 7) is -0.285. The van der Waals surface area contributed by atoms with Gasteiger partial charge in [-0.1, -0.05) is 0 Å². The van der Waals surface area contributed by atoms with E-state index in [0.29, 0.717) is 29.0 Å². The second-order valence-electron chi connectivity index (χ2n) is 6.49. The van der Waals surface area contributed by atoms with Crippen LogP contribution in [0.5, 0.6) is 5.75 Å². The number of aromatic nitrogens is 3. The second kappa shape index (κ2) is 7.50. The number of fused-ring (bicyclic) bond motifs is 1. The minimum atomic E-state index is -4.75. The summed E-state index contributed by atoms with van der Waals surface area (Å²) in [4.78, 5) is 8.45. The maximum atomic E-state index is 12.3. The molecule has 29 heavy (non-hydrogen) atoms. The van der Waals surface area contributed by atoms with Crippen molar-refractivity contribution in [3.63, 3.8) is 0 Å². The third-order valence-electron chi connectivity index (χ3n) is 4.55. The predicted octanol–water partition coefficient (Wildman–Crippen LogP) is 2.71. The smallest absolute Gasteiger partial charge is 0.406 e. The van der Waals surface area contributed by atoms with Crippen molar-refractivity contribution < 1.29 is 32.9 Å². The summed E-state index contributed by atoms with van der Waals surface area (Å²) < 4.78 is 48.1. The first-order chi connectivity index (χ1) is 13.8. The van der Waals surface area contributed by atoms with E-state index in [-0.39, 0.29) is 12.4 Å². The Bertz CT molecular complexity index is 993. The van der Waals surface area contributed by atoms with Gasteiger partial charge in [0.15, 0.2) is 0 Å². The van der Waals surface area contributed by atoms with Gasteiger partial charge in [0, 0.05) is 18.3 Å². The lowest BCUT2D eigenvalue weighted by Gasteiger charge is -2.14. The topological polar surface area (TPSA) is 102 Å². The Hall–Kier alpha value is -2.89. The molecule has 8 nitrogen and oxygen atoms in total. The molecule has 3 aromatic rings. The molecule has 1 aromatic carbocycles. The molecule has 1 fully saturated rings. The van der Waals surface area contributed by atoms with Crippen LogP contribution in [0.2, 0.25) is 0 Å². The monoisotopic (exact) mass is 410 g/mol. The van der Waals surface area contributed by atoms with Gasteiger partial charge < -0.3 is 29.6 Å². The van der Waals surface area contributed by atoms with E-state index in [4.69, 9.17) is 4.74 Å². The highest BCUT2D eigenvalue weighted by Crippen LogP contribution is 2.33. The number of hydrogen-bond acceptors (Lipinski definition) is 7. The molecule has 1 saturated heterocycles. The van der Waals surface area contributed by atoms with Crippen molar-refractivity contribution in [3.05, 3.63) is 42.9 Å². The molecule has 3 atom stereocenters. The Morgan fingerprint density at radius 1 is 1.21 bits per heavy atom. The summed E-state index contributed by atoms with van der Waals surface area (Å²) in [5, 5.41) is 22.9. The number of nitrogens with one attached hydrogen (secondary N) is 1. The number of anilines is 2. The zero-order valence-electron chi connectivity index (χ0n) is 14.9. The fourth-order valence-electron chi connectivity index (χ4n) is 3.23. The SMILES string of the molecule is OC[C@H]1OC(n2ccc3c(Nc4ccc(OC(F)(F)F)cc4)ncnc32)C[C@@H]1O. The van der Waals surface area contributed by atoms with E-state index in [0.717, 1.165) is 0 Å². The van der Waals surface area contributed by atoms with Crippen molar-refractivity contribution in [2.45, 2.75) is 31.2 Å². The van der Waals surface area contributed by atoms with E-state index in [1.165, 1.54) is 30.6 Å². The number of halogens is 3. The lowest BCUT2D eigenvalue weighted by atomic mass is 10.2.